The van der Waals surface area contributed by atoms with Crippen LogP contribution in [0.5, 0.6) is 5.75 Å². The number of nitrogens with zero attached hydrogens (tertiary/aromatic N) is 2. The fraction of sp³-hybridized carbons (Fsp3) is 0.125. The first-order chi connectivity index (χ1) is 15.9. The minimum absolute atomic E-state index is 0.0257. The predicted octanol–water partition coefficient (Wildman–Crippen LogP) is 5.95. The van der Waals surface area contributed by atoms with E-state index in [0.717, 1.165) is 20.9 Å². The van der Waals surface area contributed by atoms with Gasteiger partial charge in [-0.25, -0.2) is 4.98 Å². The molecule has 1 aliphatic heterocycles. The average molecular weight is 497 g/mol. The van der Waals surface area contributed by atoms with Gasteiger partial charge in [0.2, 0.25) is 0 Å². The standard InChI is InChI=1S/C24H17ClN2O4S2/c1-12-10-15-18(11-16(12)31-2)33-24(26-15)27-20(17-4-3-9-32-17)19(22(29)23(27)30)21(28)13-5-7-14(25)8-6-13/h3-11,20,28H,1-2H3/b21-19+. The number of hydrogen-bond donors (Lipinski definition) is 1. The Bertz CT molecular complexity index is 1420. The van der Waals surface area contributed by atoms with Gasteiger partial charge >= 0.3 is 5.91 Å². The normalized spacial score (nSPS) is 17.8. The minimum atomic E-state index is -0.788. The zero-order valence-electron chi connectivity index (χ0n) is 17.5. The summed E-state index contributed by atoms with van der Waals surface area (Å²) >= 11 is 8.67. The van der Waals surface area contributed by atoms with Crippen molar-refractivity contribution in [2.75, 3.05) is 12.0 Å². The molecule has 2 aromatic heterocycles. The number of thiophene rings is 1. The van der Waals surface area contributed by atoms with E-state index in [4.69, 9.17) is 16.3 Å². The van der Waals surface area contributed by atoms with Gasteiger partial charge in [0, 0.05) is 15.5 Å². The van der Waals surface area contributed by atoms with Crippen LogP contribution in [-0.2, 0) is 9.59 Å². The van der Waals surface area contributed by atoms with E-state index in [1.54, 1.807) is 31.4 Å². The first-order valence-corrected chi connectivity index (χ1v) is 12.0. The van der Waals surface area contributed by atoms with Gasteiger partial charge in [0.15, 0.2) is 5.13 Å². The van der Waals surface area contributed by atoms with Crippen molar-refractivity contribution >= 4 is 67.1 Å². The lowest BCUT2D eigenvalue weighted by molar-refractivity contribution is -0.132. The Kier molecular flexibility index (Phi) is 5.44. The van der Waals surface area contributed by atoms with Crippen LogP contribution in [0.4, 0.5) is 5.13 Å². The Morgan fingerprint density at radius 3 is 2.61 bits per heavy atom. The van der Waals surface area contributed by atoms with Gasteiger partial charge in [-0.2, -0.15) is 0 Å². The number of thiazole rings is 1. The van der Waals surface area contributed by atoms with Crippen molar-refractivity contribution < 1.29 is 19.4 Å². The molecular formula is C24H17ClN2O4S2. The number of carbonyl (C=O) groups is 2. The first kappa shape index (κ1) is 21.6. The van der Waals surface area contributed by atoms with Crippen molar-refractivity contribution in [3.8, 4) is 5.75 Å². The molecule has 1 saturated heterocycles. The van der Waals surface area contributed by atoms with Crippen LogP contribution in [0, 0.1) is 6.92 Å². The average Bonchev–Trinajstić information content (AvgIpc) is 3.52. The molecule has 1 unspecified atom stereocenters. The Morgan fingerprint density at radius 2 is 1.94 bits per heavy atom. The maximum Gasteiger partial charge on any atom is 0.301 e. The number of aliphatic hydroxyl groups excluding tert-OH is 1. The number of fused-ring (bicyclic) bond motifs is 1. The molecule has 1 amide bonds. The maximum absolute atomic E-state index is 13.2. The number of aliphatic hydroxyl groups is 1. The van der Waals surface area contributed by atoms with E-state index in [1.807, 2.05) is 36.6 Å². The van der Waals surface area contributed by atoms with Crippen molar-refractivity contribution in [3.05, 3.63) is 80.5 Å². The van der Waals surface area contributed by atoms with Crippen LogP contribution in [0.1, 0.15) is 22.0 Å². The van der Waals surface area contributed by atoms with Gasteiger partial charge in [-0.15, -0.1) is 11.3 Å². The number of methoxy groups -OCH3 is 1. The molecule has 0 saturated carbocycles. The largest absolute Gasteiger partial charge is 0.507 e. The summed E-state index contributed by atoms with van der Waals surface area (Å²) in [7, 11) is 1.60. The van der Waals surface area contributed by atoms with Crippen LogP contribution in [0.25, 0.3) is 16.0 Å². The highest BCUT2D eigenvalue weighted by Gasteiger charge is 2.48. The second kappa shape index (κ2) is 8.30. The molecule has 1 fully saturated rings. The van der Waals surface area contributed by atoms with Gasteiger partial charge in [0.1, 0.15) is 17.6 Å². The molecule has 5 rings (SSSR count). The van der Waals surface area contributed by atoms with Crippen molar-refractivity contribution in [2.24, 2.45) is 0 Å². The second-order valence-corrected chi connectivity index (χ2v) is 9.90. The zero-order valence-corrected chi connectivity index (χ0v) is 19.9. The fourth-order valence-corrected chi connectivity index (χ4v) is 5.83. The molecule has 0 bridgehead atoms. The topological polar surface area (TPSA) is 79.7 Å². The molecule has 0 spiro atoms. The van der Waals surface area contributed by atoms with E-state index in [0.29, 0.717) is 21.2 Å². The molecule has 6 nitrogen and oxygen atoms in total. The molecule has 33 heavy (non-hydrogen) atoms. The molecule has 4 aromatic rings. The van der Waals surface area contributed by atoms with E-state index >= 15 is 0 Å². The molecule has 0 aliphatic carbocycles. The van der Waals surface area contributed by atoms with Crippen LogP contribution in [-0.4, -0.2) is 28.9 Å². The number of halogens is 1. The molecule has 2 aromatic carbocycles. The Labute approximate surface area is 202 Å². The molecule has 0 radical (unpaired) electrons. The van der Waals surface area contributed by atoms with E-state index in [9.17, 15) is 14.7 Å². The summed E-state index contributed by atoms with van der Waals surface area (Å²) in [6.45, 7) is 1.92. The highest BCUT2D eigenvalue weighted by Crippen LogP contribution is 2.46. The molecule has 1 atom stereocenters. The van der Waals surface area contributed by atoms with E-state index in [2.05, 4.69) is 4.98 Å². The number of aryl methyl sites for hydroxylation is 1. The van der Waals surface area contributed by atoms with Crippen molar-refractivity contribution in [2.45, 2.75) is 13.0 Å². The van der Waals surface area contributed by atoms with Gasteiger partial charge in [0.05, 0.1) is 22.9 Å². The SMILES string of the molecule is COc1cc2sc(N3C(=O)C(=O)/C(=C(/O)c4ccc(Cl)cc4)C3c3cccs3)nc2cc1C. The Morgan fingerprint density at radius 1 is 1.18 bits per heavy atom. The van der Waals surface area contributed by atoms with Crippen LogP contribution in [0.2, 0.25) is 5.02 Å². The van der Waals surface area contributed by atoms with Crippen LogP contribution < -0.4 is 9.64 Å². The summed E-state index contributed by atoms with van der Waals surface area (Å²) in [5, 5.41) is 13.8. The lowest BCUT2D eigenvalue weighted by atomic mass is 10.00. The monoisotopic (exact) mass is 496 g/mol. The summed E-state index contributed by atoms with van der Waals surface area (Å²) in [4.78, 5) is 33.2. The third kappa shape index (κ3) is 3.60. The molecule has 166 valence electrons. The Hall–Kier alpha value is -3.20. The van der Waals surface area contributed by atoms with E-state index in [1.165, 1.54) is 27.6 Å². The smallest absolute Gasteiger partial charge is 0.301 e. The number of carbonyl (C=O) groups excluding carboxylic acids is 2. The lowest BCUT2D eigenvalue weighted by Gasteiger charge is -2.21. The van der Waals surface area contributed by atoms with Crippen LogP contribution >= 0.6 is 34.3 Å². The minimum Gasteiger partial charge on any atom is -0.507 e. The number of ether oxygens (including phenoxy) is 1. The summed E-state index contributed by atoms with van der Waals surface area (Å²) in [5.74, 6) is -1.01. The fourth-order valence-electron chi connectivity index (χ4n) is 3.88. The third-order valence-electron chi connectivity index (χ3n) is 5.47. The van der Waals surface area contributed by atoms with E-state index < -0.39 is 17.7 Å². The van der Waals surface area contributed by atoms with Crippen LogP contribution in [0.3, 0.4) is 0 Å². The second-order valence-electron chi connectivity index (χ2n) is 7.48. The number of amides is 1. The van der Waals surface area contributed by atoms with Crippen LogP contribution in [0.15, 0.2) is 59.5 Å². The number of Topliss-reactive ketones (excluding diaryl/α,β-unsaturated/α-hetero) is 1. The number of hydrogen-bond acceptors (Lipinski definition) is 7. The van der Waals surface area contributed by atoms with Crippen molar-refractivity contribution in [1.29, 1.82) is 0 Å². The van der Waals surface area contributed by atoms with Gasteiger partial charge in [-0.05, 0) is 60.3 Å². The lowest BCUT2D eigenvalue weighted by Crippen LogP contribution is -2.28. The summed E-state index contributed by atoms with van der Waals surface area (Å²) < 4.78 is 6.24. The number of ketones is 1. The molecule has 9 heteroatoms. The summed E-state index contributed by atoms with van der Waals surface area (Å²) in [5.41, 5.74) is 2.06. The van der Waals surface area contributed by atoms with Crippen molar-refractivity contribution in [1.82, 2.24) is 4.98 Å². The molecule has 1 aliphatic rings. The number of aromatic nitrogens is 1. The first-order valence-electron chi connectivity index (χ1n) is 9.94. The van der Waals surface area contributed by atoms with Gasteiger partial charge < -0.3 is 9.84 Å². The number of rotatable bonds is 4. The summed E-state index contributed by atoms with van der Waals surface area (Å²) in [6, 6.07) is 13.1. The number of benzene rings is 2. The molecule has 3 heterocycles. The zero-order chi connectivity index (χ0) is 23.3. The predicted molar refractivity (Wildman–Crippen MR) is 131 cm³/mol. The van der Waals surface area contributed by atoms with Gasteiger partial charge in [-0.1, -0.05) is 29.0 Å². The Balaban J connectivity index is 1.70. The van der Waals surface area contributed by atoms with Gasteiger partial charge in [0.25, 0.3) is 5.78 Å². The molecule has 1 N–H and O–H groups in total. The quantitative estimate of drug-likeness (QED) is 0.214. The summed E-state index contributed by atoms with van der Waals surface area (Å²) in [6.07, 6.45) is 0. The number of anilines is 1. The molecular weight excluding hydrogens is 480 g/mol. The maximum atomic E-state index is 13.2. The van der Waals surface area contributed by atoms with Gasteiger partial charge in [-0.3, -0.25) is 14.5 Å². The highest BCUT2D eigenvalue weighted by molar-refractivity contribution is 7.22. The van der Waals surface area contributed by atoms with Crippen molar-refractivity contribution in [3.63, 3.8) is 0 Å². The van der Waals surface area contributed by atoms with E-state index in [-0.39, 0.29) is 11.3 Å². The highest BCUT2D eigenvalue weighted by atomic mass is 35.5. The third-order valence-corrected chi connectivity index (χ3v) is 7.67.